The van der Waals surface area contributed by atoms with Gasteiger partial charge in [-0.1, -0.05) is 6.42 Å². The van der Waals surface area contributed by atoms with Gasteiger partial charge in [0, 0.05) is 12.3 Å². The maximum atomic E-state index is 11.7. The van der Waals surface area contributed by atoms with Gasteiger partial charge in [-0.15, -0.1) is 0 Å². The fourth-order valence-electron chi connectivity index (χ4n) is 3.14. The van der Waals surface area contributed by atoms with E-state index in [9.17, 15) is 14.7 Å². The fourth-order valence-corrected chi connectivity index (χ4v) is 3.14. The molecule has 78 valence electrons. The molecule has 0 heterocycles. The molecule has 0 aromatic carbocycles. The van der Waals surface area contributed by atoms with Crippen molar-refractivity contribution in [3.63, 3.8) is 0 Å². The van der Waals surface area contributed by atoms with Gasteiger partial charge < -0.3 is 9.90 Å². The summed E-state index contributed by atoms with van der Waals surface area (Å²) in [7, 11) is 0. The smallest absolute Gasteiger partial charge is 0.141 e. The highest BCUT2D eigenvalue weighted by atomic mass is 16.3. The van der Waals surface area contributed by atoms with E-state index in [1.807, 2.05) is 6.92 Å². The first kappa shape index (κ1) is 9.84. The highest BCUT2D eigenvalue weighted by Crippen LogP contribution is 2.54. The Labute approximate surface area is 83.5 Å². The molecule has 2 saturated carbocycles. The zero-order chi connectivity index (χ0) is 10.4. The molecular formula is C11H16O3. The Morgan fingerprint density at radius 2 is 2.21 bits per heavy atom. The number of Topliss-reactive ketones (excluding diaryl/α,β-unsaturated/α-hetero) is 1. The van der Waals surface area contributed by atoms with Gasteiger partial charge in [0.1, 0.15) is 12.1 Å². The zero-order valence-corrected chi connectivity index (χ0v) is 8.45. The van der Waals surface area contributed by atoms with Crippen molar-refractivity contribution >= 4 is 12.1 Å². The van der Waals surface area contributed by atoms with Crippen LogP contribution in [0.15, 0.2) is 0 Å². The minimum Gasteiger partial charge on any atom is -0.388 e. The molecule has 3 nitrogen and oxygen atoms in total. The summed E-state index contributed by atoms with van der Waals surface area (Å²) in [6.07, 6.45) is 4.04. The Morgan fingerprint density at radius 3 is 2.86 bits per heavy atom. The van der Waals surface area contributed by atoms with E-state index in [1.165, 1.54) is 0 Å². The summed E-state index contributed by atoms with van der Waals surface area (Å²) in [4.78, 5) is 22.6. The molecule has 1 N–H and O–H groups in total. The third-order valence-electron chi connectivity index (χ3n) is 4.27. The third-order valence-corrected chi connectivity index (χ3v) is 4.27. The van der Waals surface area contributed by atoms with Crippen molar-refractivity contribution in [2.45, 2.75) is 44.6 Å². The summed E-state index contributed by atoms with van der Waals surface area (Å²) in [5, 5.41) is 10.4. The molecule has 0 aliphatic heterocycles. The van der Waals surface area contributed by atoms with E-state index in [-0.39, 0.29) is 11.7 Å². The molecule has 0 spiro atoms. The molecule has 3 atom stereocenters. The van der Waals surface area contributed by atoms with Gasteiger partial charge in [0.25, 0.3) is 0 Å². The number of aliphatic hydroxyl groups is 1. The standard InChI is InChI=1S/C11H16O3/c1-10-5-2-3-8(7-12)11(10,14)6-4-9(10)13/h7-8,14H,2-6H2,1H3/t8-,10-,11+/m1/s1. The molecule has 0 bridgehead atoms. The van der Waals surface area contributed by atoms with Crippen molar-refractivity contribution in [1.82, 2.24) is 0 Å². The second-order valence-corrected chi connectivity index (χ2v) is 4.81. The Hall–Kier alpha value is -0.700. The van der Waals surface area contributed by atoms with Gasteiger partial charge in [0.05, 0.1) is 11.0 Å². The normalized spacial score (nSPS) is 47.6. The first-order valence-electron chi connectivity index (χ1n) is 5.25. The van der Waals surface area contributed by atoms with E-state index in [4.69, 9.17) is 0 Å². The largest absolute Gasteiger partial charge is 0.388 e. The number of aldehydes is 1. The maximum Gasteiger partial charge on any atom is 0.141 e. The molecule has 0 saturated heterocycles. The van der Waals surface area contributed by atoms with Crippen LogP contribution in [0.4, 0.5) is 0 Å². The van der Waals surface area contributed by atoms with Gasteiger partial charge in [0.2, 0.25) is 0 Å². The van der Waals surface area contributed by atoms with Gasteiger partial charge >= 0.3 is 0 Å². The minimum absolute atomic E-state index is 0.131. The van der Waals surface area contributed by atoms with Crippen molar-refractivity contribution in [2.24, 2.45) is 11.3 Å². The summed E-state index contributed by atoms with van der Waals surface area (Å²) < 4.78 is 0. The third kappa shape index (κ3) is 0.962. The average Bonchev–Trinajstić information content (AvgIpc) is 2.40. The number of carbonyl (C=O) groups excluding carboxylic acids is 2. The quantitative estimate of drug-likeness (QED) is 0.638. The van der Waals surface area contributed by atoms with Crippen LogP contribution >= 0.6 is 0 Å². The Kier molecular flexibility index (Phi) is 2.03. The summed E-state index contributed by atoms with van der Waals surface area (Å²) >= 11 is 0. The van der Waals surface area contributed by atoms with Crippen LogP contribution in [0, 0.1) is 11.3 Å². The molecule has 2 fully saturated rings. The predicted octanol–water partition coefficient (Wildman–Crippen LogP) is 1.09. The first-order valence-corrected chi connectivity index (χ1v) is 5.25. The topological polar surface area (TPSA) is 54.4 Å². The van der Waals surface area contributed by atoms with Crippen LogP contribution in [-0.2, 0) is 9.59 Å². The van der Waals surface area contributed by atoms with Crippen LogP contribution in [-0.4, -0.2) is 22.8 Å². The Morgan fingerprint density at radius 1 is 1.50 bits per heavy atom. The predicted molar refractivity (Wildman–Crippen MR) is 50.7 cm³/mol. The first-order chi connectivity index (χ1) is 6.54. The van der Waals surface area contributed by atoms with E-state index < -0.39 is 11.0 Å². The molecule has 0 aromatic heterocycles. The van der Waals surface area contributed by atoms with Crippen LogP contribution < -0.4 is 0 Å². The number of ketones is 1. The molecule has 2 rings (SSSR count). The monoisotopic (exact) mass is 196 g/mol. The lowest BCUT2D eigenvalue weighted by atomic mass is 9.61. The summed E-state index contributed by atoms with van der Waals surface area (Å²) in [6.45, 7) is 1.82. The Bertz CT molecular complexity index is 286. The summed E-state index contributed by atoms with van der Waals surface area (Å²) in [5.41, 5.74) is -1.71. The molecule has 2 aliphatic rings. The molecule has 14 heavy (non-hydrogen) atoms. The number of carbonyl (C=O) groups is 2. The van der Waals surface area contributed by atoms with E-state index >= 15 is 0 Å². The lowest BCUT2D eigenvalue weighted by molar-refractivity contribution is -0.155. The van der Waals surface area contributed by atoms with Gasteiger partial charge in [-0.05, 0) is 26.2 Å². The molecule has 3 heteroatoms. The molecule has 0 unspecified atom stereocenters. The Balaban J connectivity index is 2.41. The molecule has 0 amide bonds. The van der Waals surface area contributed by atoms with Crippen molar-refractivity contribution in [1.29, 1.82) is 0 Å². The molecule has 2 aliphatic carbocycles. The summed E-state index contributed by atoms with van der Waals surface area (Å²) in [6, 6.07) is 0. The van der Waals surface area contributed by atoms with Crippen molar-refractivity contribution in [2.75, 3.05) is 0 Å². The lowest BCUT2D eigenvalue weighted by Crippen LogP contribution is -2.54. The highest BCUT2D eigenvalue weighted by Gasteiger charge is 2.61. The molecule has 0 aromatic rings. The summed E-state index contributed by atoms with van der Waals surface area (Å²) in [5.74, 6) is -0.209. The van der Waals surface area contributed by atoms with E-state index in [0.29, 0.717) is 12.8 Å². The van der Waals surface area contributed by atoms with Crippen molar-refractivity contribution < 1.29 is 14.7 Å². The van der Waals surface area contributed by atoms with Gasteiger partial charge in [-0.25, -0.2) is 0 Å². The van der Waals surface area contributed by atoms with Gasteiger partial charge in [-0.2, -0.15) is 0 Å². The molecule has 0 radical (unpaired) electrons. The van der Waals surface area contributed by atoms with Gasteiger partial charge in [0.15, 0.2) is 0 Å². The fraction of sp³-hybridized carbons (Fsp3) is 0.818. The van der Waals surface area contributed by atoms with Crippen LogP contribution in [0.5, 0.6) is 0 Å². The highest BCUT2D eigenvalue weighted by molar-refractivity contribution is 5.89. The number of hydrogen-bond acceptors (Lipinski definition) is 3. The number of fused-ring (bicyclic) bond motifs is 1. The van der Waals surface area contributed by atoms with Crippen molar-refractivity contribution in [3.05, 3.63) is 0 Å². The second kappa shape index (κ2) is 2.89. The van der Waals surface area contributed by atoms with Gasteiger partial charge in [-0.3, -0.25) is 4.79 Å². The van der Waals surface area contributed by atoms with E-state index in [0.717, 1.165) is 25.5 Å². The number of rotatable bonds is 1. The van der Waals surface area contributed by atoms with Crippen LogP contribution in [0.1, 0.15) is 39.0 Å². The van der Waals surface area contributed by atoms with Crippen LogP contribution in [0.25, 0.3) is 0 Å². The lowest BCUT2D eigenvalue weighted by Gasteiger charge is -2.45. The van der Waals surface area contributed by atoms with Crippen LogP contribution in [0.3, 0.4) is 0 Å². The van der Waals surface area contributed by atoms with E-state index in [2.05, 4.69) is 0 Å². The maximum absolute atomic E-state index is 11.7. The SMILES string of the molecule is C[C@]12CCC[C@H](C=O)[C@@]1(O)CCC2=O. The number of hydrogen-bond donors (Lipinski definition) is 1. The zero-order valence-electron chi connectivity index (χ0n) is 8.45. The van der Waals surface area contributed by atoms with E-state index in [1.54, 1.807) is 0 Å². The van der Waals surface area contributed by atoms with Crippen molar-refractivity contribution in [3.8, 4) is 0 Å². The average molecular weight is 196 g/mol. The molecular weight excluding hydrogens is 180 g/mol. The van der Waals surface area contributed by atoms with Crippen LogP contribution in [0.2, 0.25) is 0 Å². The second-order valence-electron chi connectivity index (χ2n) is 4.81. The minimum atomic E-state index is -1.05.